The van der Waals surface area contributed by atoms with Gasteiger partial charge in [0.25, 0.3) is 0 Å². The standard InChI is InChI=1S/C14H26N2S/c1-12(9-15-14(2,3)4)10-16(5)11-13-7-6-8-17-13/h6-8,12,15H,9-11H2,1-5H3. The number of hydrogen-bond acceptors (Lipinski definition) is 3. The SMILES string of the molecule is CC(CNC(C)(C)C)CN(C)Cc1cccs1. The van der Waals surface area contributed by atoms with Crippen LogP contribution < -0.4 is 5.32 Å². The average Bonchev–Trinajstić information content (AvgIpc) is 2.66. The zero-order chi connectivity index (χ0) is 12.9. The van der Waals surface area contributed by atoms with E-state index >= 15 is 0 Å². The monoisotopic (exact) mass is 254 g/mol. The van der Waals surface area contributed by atoms with Gasteiger partial charge in [0.05, 0.1) is 0 Å². The molecule has 0 bridgehead atoms. The minimum atomic E-state index is 0.223. The molecular weight excluding hydrogens is 228 g/mol. The smallest absolute Gasteiger partial charge is 0.0324 e. The van der Waals surface area contributed by atoms with Crippen molar-refractivity contribution in [3.63, 3.8) is 0 Å². The van der Waals surface area contributed by atoms with E-state index in [2.05, 4.69) is 62.5 Å². The van der Waals surface area contributed by atoms with Gasteiger partial charge in [0.2, 0.25) is 0 Å². The van der Waals surface area contributed by atoms with Crippen LogP contribution in [0.15, 0.2) is 17.5 Å². The van der Waals surface area contributed by atoms with E-state index in [9.17, 15) is 0 Å². The summed E-state index contributed by atoms with van der Waals surface area (Å²) in [5.74, 6) is 0.680. The molecule has 0 aliphatic heterocycles. The lowest BCUT2D eigenvalue weighted by atomic mass is 10.1. The Morgan fingerprint density at radius 1 is 1.41 bits per heavy atom. The Bertz CT molecular complexity index is 301. The van der Waals surface area contributed by atoms with E-state index < -0.39 is 0 Å². The number of hydrogen-bond donors (Lipinski definition) is 1. The van der Waals surface area contributed by atoms with Crippen molar-refractivity contribution in [2.45, 2.75) is 39.8 Å². The molecule has 0 aliphatic rings. The molecule has 0 amide bonds. The molecule has 0 aliphatic carbocycles. The normalized spacial score (nSPS) is 14.2. The van der Waals surface area contributed by atoms with Gasteiger partial charge < -0.3 is 10.2 Å². The minimum absolute atomic E-state index is 0.223. The molecule has 1 rings (SSSR count). The van der Waals surface area contributed by atoms with Gasteiger partial charge in [-0.3, -0.25) is 0 Å². The van der Waals surface area contributed by atoms with Crippen LogP contribution >= 0.6 is 11.3 Å². The van der Waals surface area contributed by atoms with Gasteiger partial charge in [-0.25, -0.2) is 0 Å². The van der Waals surface area contributed by atoms with Crippen LogP contribution in [0.25, 0.3) is 0 Å². The van der Waals surface area contributed by atoms with Gasteiger partial charge >= 0.3 is 0 Å². The fourth-order valence-corrected chi connectivity index (χ4v) is 2.59. The van der Waals surface area contributed by atoms with Crippen LogP contribution in [0.3, 0.4) is 0 Å². The van der Waals surface area contributed by atoms with Crippen molar-refractivity contribution in [3.05, 3.63) is 22.4 Å². The van der Waals surface area contributed by atoms with E-state index in [1.54, 1.807) is 0 Å². The third-order valence-corrected chi connectivity index (χ3v) is 3.47. The lowest BCUT2D eigenvalue weighted by molar-refractivity contribution is 0.263. The summed E-state index contributed by atoms with van der Waals surface area (Å²) in [6.07, 6.45) is 0. The molecule has 1 unspecified atom stereocenters. The zero-order valence-corrected chi connectivity index (χ0v) is 12.6. The number of nitrogens with zero attached hydrogens (tertiary/aromatic N) is 1. The predicted molar refractivity (Wildman–Crippen MR) is 77.6 cm³/mol. The molecule has 1 atom stereocenters. The summed E-state index contributed by atoms with van der Waals surface area (Å²) >= 11 is 1.84. The Morgan fingerprint density at radius 3 is 2.65 bits per heavy atom. The summed E-state index contributed by atoms with van der Waals surface area (Å²) in [5.41, 5.74) is 0.223. The average molecular weight is 254 g/mol. The quantitative estimate of drug-likeness (QED) is 0.838. The van der Waals surface area contributed by atoms with Gasteiger partial charge in [0, 0.05) is 23.5 Å². The number of rotatable bonds is 6. The van der Waals surface area contributed by atoms with Crippen molar-refractivity contribution in [2.75, 3.05) is 20.1 Å². The Labute approximate surface area is 110 Å². The second-order valence-corrected chi connectivity index (χ2v) is 7.04. The largest absolute Gasteiger partial charge is 0.312 e. The van der Waals surface area contributed by atoms with Gasteiger partial charge in [-0.2, -0.15) is 0 Å². The van der Waals surface area contributed by atoms with E-state index in [-0.39, 0.29) is 5.54 Å². The molecule has 1 heterocycles. The van der Waals surface area contributed by atoms with E-state index in [1.165, 1.54) is 4.88 Å². The molecule has 98 valence electrons. The van der Waals surface area contributed by atoms with Crippen LogP contribution in [0.1, 0.15) is 32.6 Å². The summed E-state index contributed by atoms with van der Waals surface area (Å²) in [7, 11) is 2.20. The van der Waals surface area contributed by atoms with E-state index in [0.29, 0.717) is 5.92 Å². The molecule has 2 nitrogen and oxygen atoms in total. The molecule has 0 radical (unpaired) electrons. The molecule has 1 aromatic heterocycles. The first-order valence-electron chi connectivity index (χ1n) is 6.33. The zero-order valence-electron chi connectivity index (χ0n) is 11.8. The first-order valence-corrected chi connectivity index (χ1v) is 7.21. The molecule has 0 aromatic carbocycles. The van der Waals surface area contributed by atoms with Crippen LogP contribution in [-0.4, -0.2) is 30.6 Å². The molecule has 0 saturated heterocycles. The minimum Gasteiger partial charge on any atom is -0.312 e. The van der Waals surface area contributed by atoms with Crippen molar-refractivity contribution in [1.82, 2.24) is 10.2 Å². The van der Waals surface area contributed by atoms with E-state index in [4.69, 9.17) is 0 Å². The first kappa shape index (κ1) is 14.7. The second-order valence-electron chi connectivity index (χ2n) is 6.01. The van der Waals surface area contributed by atoms with Crippen molar-refractivity contribution in [3.8, 4) is 0 Å². The lowest BCUT2D eigenvalue weighted by Crippen LogP contribution is -2.40. The van der Waals surface area contributed by atoms with Gasteiger partial charge in [0.1, 0.15) is 0 Å². The van der Waals surface area contributed by atoms with Crippen LogP contribution in [0.5, 0.6) is 0 Å². The van der Waals surface area contributed by atoms with Crippen molar-refractivity contribution >= 4 is 11.3 Å². The van der Waals surface area contributed by atoms with Gasteiger partial charge in [-0.05, 0) is 51.7 Å². The highest BCUT2D eigenvalue weighted by molar-refractivity contribution is 7.09. The highest BCUT2D eigenvalue weighted by Gasteiger charge is 2.12. The highest BCUT2D eigenvalue weighted by Crippen LogP contribution is 2.12. The van der Waals surface area contributed by atoms with Crippen molar-refractivity contribution in [2.24, 2.45) is 5.92 Å². The Kier molecular flexibility index (Phi) is 5.63. The summed E-state index contributed by atoms with van der Waals surface area (Å²) in [6, 6.07) is 4.33. The maximum atomic E-state index is 3.56. The Balaban J connectivity index is 2.24. The third-order valence-electron chi connectivity index (χ3n) is 2.61. The third kappa shape index (κ3) is 6.81. The van der Waals surface area contributed by atoms with E-state index in [0.717, 1.165) is 19.6 Å². The van der Waals surface area contributed by atoms with Crippen molar-refractivity contribution in [1.29, 1.82) is 0 Å². The fraction of sp³-hybridized carbons (Fsp3) is 0.714. The molecule has 17 heavy (non-hydrogen) atoms. The first-order chi connectivity index (χ1) is 7.87. The van der Waals surface area contributed by atoms with Crippen LogP contribution in [0.4, 0.5) is 0 Å². The summed E-state index contributed by atoms with van der Waals surface area (Å²) in [5, 5.41) is 5.71. The van der Waals surface area contributed by atoms with Crippen molar-refractivity contribution < 1.29 is 0 Å². The Morgan fingerprint density at radius 2 is 2.12 bits per heavy atom. The van der Waals surface area contributed by atoms with Gasteiger partial charge in [-0.15, -0.1) is 11.3 Å². The van der Waals surface area contributed by atoms with Crippen LogP contribution in [0, 0.1) is 5.92 Å². The highest BCUT2D eigenvalue weighted by atomic mass is 32.1. The number of thiophene rings is 1. The maximum absolute atomic E-state index is 3.56. The molecule has 0 fully saturated rings. The molecule has 1 N–H and O–H groups in total. The molecule has 1 aromatic rings. The fourth-order valence-electron chi connectivity index (χ4n) is 1.81. The van der Waals surface area contributed by atoms with Gasteiger partial charge in [-0.1, -0.05) is 13.0 Å². The van der Waals surface area contributed by atoms with Crippen LogP contribution in [0.2, 0.25) is 0 Å². The Hall–Kier alpha value is -0.380. The number of nitrogens with one attached hydrogen (secondary N) is 1. The topological polar surface area (TPSA) is 15.3 Å². The molecular formula is C14H26N2S. The summed E-state index contributed by atoms with van der Waals surface area (Å²) in [4.78, 5) is 3.85. The molecule has 0 spiro atoms. The molecule has 3 heteroatoms. The second kappa shape index (κ2) is 6.53. The predicted octanol–water partition coefficient (Wildman–Crippen LogP) is 3.20. The maximum Gasteiger partial charge on any atom is 0.0324 e. The van der Waals surface area contributed by atoms with E-state index in [1.807, 2.05) is 11.3 Å². The van der Waals surface area contributed by atoms with Crippen LogP contribution in [-0.2, 0) is 6.54 Å². The molecule has 0 saturated carbocycles. The summed E-state index contributed by atoms with van der Waals surface area (Å²) < 4.78 is 0. The summed E-state index contributed by atoms with van der Waals surface area (Å²) in [6.45, 7) is 12.2. The lowest BCUT2D eigenvalue weighted by Gasteiger charge is -2.26. The van der Waals surface area contributed by atoms with Gasteiger partial charge in [0.15, 0.2) is 0 Å².